The van der Waals surface area contributed by atoms with Crippen molar-refractivity contribution in [3.05, 3.63) is 23.3 Å². The molecule has 0 aliphatic carbocycles. The Morgan fingerprint density at radius 2 is 1.61 bits per heavy atom. The third-order valence-corrected chi connectivity index (χ3v) is 4.36. The minimum Gasteiger partial charge on any atom is -0.478 e. The molecule has 4 nitrogen and oxygen atoms in total. The molecule has 1 rings (SSSR count). The summed E-state index contributed by atoms with van der Waals surface area (Å²) in [6.45, 7) is 3.21. The zero-order valence-corrected chi connectivity index (χ0v) is 11.4. The predicted molar refractivity (Wildman–Crippen MR) is 71.8 cm³/mol. The summed E-state index contributed by atoms with van der Waals surface area (Å²) in [5.74, 6) is -0.623. The largest absolute Gasteiger partial charge is 0.478 e. The molecule has 1 heterocycles. The molecule has 100 valence electrons. The third-order valence-electron chi connectivity index (χ3n) is 2.94. The fraction of sp³-hybridized carbons (Fsp3) is 0.538. The van der Waals surface area contributed by atoms with Gasteiger partial charge >= 0.3 is 11.9 Å². The lowest BCUT2D eigenvalue weighted by Crippen LogP contribution is -2.16. The number of thioether (sulfide) groups is 1. The van der Waals surface area contributed by atoms with Gasteiger partial charge in [0.1, 0.15) is 0 Å². The zero-order valence-electron chi connectivity index (χ0n) is 10.5. The van der Waals surface area contributed by atoms with Crippen LogP contribution >= 0.6 is 11.8 Å². The van der Waals surface area contributed by atoms with Gasteiger partial charge in [-0.2, -0.15) is 11.8 Å². The van der Waals surface area contributed by atoms with Crippen LogP contribution in [0.25, 0.3) is 0 Å². The van der Waals surface area contributed by atoms with E-state index >= 15 is 0 Å². The highest BCUT2D eigenvalue weighted by atomic mass is 32.2. The number of hydrogen-bond acceptors (Lipinski definition) is 3. The van der Waals surface area contributed by atoms with Crippen LogP contribution in [0.3, 0.4) is 0 Å². The van der Waals surface area contributed by atoms with Gasteiger partial charge in [0, 0.05) is 22.1 Å². The molecule has 0 aromatic carbocycles. The normalized spacial score (nSPS) is 25.9. The molecule has 0 aromatic heterocycles. The Hall–Kier alpha value is -1.23. The molecule has 2 atom stereocenters. The number of carbonyl (C=O) groups is 2. The van der Waals surface area contributed by atoms with Crippen molar-refractivity contribution in [1.29, 1.82) is 0 Å². The highest BCUT2D eigenvalue weighted by Gasteiger charge is 2.20. The van der Waals surface area contributed by atoms with Crippen LogP contribution in [0.15, 0.2) is 23.3 Å². The molecule has 0 aromatic rings. The highest BCUT2D eigenvalue weighted by Crippen LogP contribution is 2.32. The number of rotatable bonds is 4. The first-order valence-corrected chi connectivity index (χ1v) is 6.90. The van der Waals surface area contributed by atoms with Gasteiger partial charge < -0.3 is 10.2 Å². The first-order valence-electron chi connectivity index (χ1n) is 5.85. The second-order valence-electron chi connectivity index (χ2n) is 4.52. The van der Waals surface area contributed by atoms with Crippen molar-refractivity contribution in [2.75, 3.05) is 5.75 Å². The summed E-state index contributed by atoms with van der Waals surface area (Å²) in [4.78, 5) is 21.4. The maximum atomic E-state index is 10.7. The second-order valence-corrected chi connectivity index (χ2v) is 5.79. The van der Waals surface area contributed by atoms with Crippen LogP contribution in [-0.4, -0.2) is 33.2 Å². The van der Waals surface area contributed by atoms with E-state index in [2.05, 4.69) is 0 Å². The zero-order chi connectivity index (χ0) is 13.7. The van der Waals surface area contributed by atoms with Crippen LogP contribution in [0.4, 0.5) is 0 Å². The second kappa shape index (κ2) is 6.64. The number of carboxylic acids is 2. The van der Waals surface area contributed by atoms with Gasteiger partial charge in [0.2, 0.25) is 0 Å². The van der Waals surface area contributed by atoms with Crippen molar-refractivity contribution in [2.45, 2.75) is 31.9 Å². The lowest BCUT2D eigenvalue weighted by Gasteiger charge is -2.24. The van der Waals surface area contributed by atoms with Gasteiger partial charge in [-0.1, -0.05) is 12.2 Å². The molecular formula is C13H18O4S. The standard InChI is InChI=1S/C13H18O4S/c1-8(12(14)15)5-10-3-4-11(18-7-10)6-9(2)13(16)17/h5-6,10-11H,3-4,7H2,1-2H3,(H,14,15)(H,16,17). The van der Waals surface area contributed by atoms with E-state index in [1.54, 1.807) is 37.8 Å². The Morgan fingerprint density at radius 1 is 1.06 bits per heavy atom. The topological polar surface area (TPSA) is 74.6 Å². The quantitative estimate of drug-likeness (QED) is 0.768. The van der Waals surface area contributed by atoms with E-state index in [9.17, 15) is 9.59 Å². The lowest BCUT2D eigenvalue weighted by atomic mass is 9.99. The molecule has 1 fully saturated rings. The lowest BCUT2D eigenvalue weighted by molar-refractivity contribution is -0.133. The van der Waals surface area contributed by atoms with Crippen molar-refractivity contribution in [3.8, 4) is 0 Å². The third kappa shape index (κ3) is 4.56. The highest BCUT2D eigenvalue weighted by molar-refractivity contribution is 8.00. The van der Waals surface area contributed by atoms with Crippen molar-refractivity contribution >= 4 is 23.7 Å². The Morgan fingerprint density at radius 3 is 2.06 bits per heavy atom. The van der Waals surface area contributed by atoms with E-state index in [1.165, 1.54) is 0 Å². The number of allylic oxidation sites excluding steroid dienone is 1. The predicted octanol–water partition coefficient (Wildman–Crippen LogP) is 2.56. The number of carboxylic acid groups (broad SMARTS) is 2. The van der Waals surface area contributed by atoms with E-state index in [1.807, 2.05) is 0 Å². The van der Waals surface area contributed by atoms with Crippen LogP contribution in [-0.2, 0) is 9.59 Å². The van der Waals surface area contributed by atoms with E-state index < -0.39 is 11.9 Å². The molecule has 0 bridgehead atoms. The fourth-order valence-electron chi connectivity index (χ4n) is 1.83. The van der Waals surface area contributed by atoms with Crippen LogP contribution in [0.5, 0.6) is 0 Å². The molecule has 0 radical (unpaired) electrons. The average molecular weight is 270 g/mol. The van der Waals surface area contributed by atoms with Crippen LogP contribution < -0.4 is 0 Å². The van der Waals surface area contributed by atoms with Crippen molar-refractivity contribution in [2.24, 2.45) is 5.92 Å². The van der Waals surface area contributed by atoms with Gasteiger partial charge in [0.15, 0.2) is 0 Å². The molecule has 1 aliphatic rings. The summed E-state index contributed by atoms with van der Waals surface area (Å²) in [6, 6.07) is 0. The van der Waals surface area contributed by atoms with Gasteiger partial charge in [-0.05, 0) is 32.6 Å². The molecule has 0 spiro atoms. The summed E-state index contributed by atoms with van der Waals surface area (Å²) in [6.07, 6.45) is 5.39. The molecule has 5 heteroatoms. The maximum absolute atomic E-state index is 10.7. The van der Waals surface area contributed by atoms with Gasteiger partial charge in [-0.3, -0.25) is 0 Å². The van der Waals surface area contributed by atoms with Crippen molar-refractivity contribution in [3.63, 3.8) is 0 Å². The monoisotopic (exact) mass is 270 g/mol. The molecule has 0 amide bonds. The van der Waals surface area contributed by atoms with Gasteiger partial charge in [-0.25, -0.2) is 9.59 Å². The average Bonchev–Trinajstić information content (AvgIpc) is 2.31. The molecule has 0 saturated carbocycles. The molecule has 2 N–H and O–H groups in total. The van der Waals surface area contributed by atoms with Crippen LogP contribution in [0, 0.1) is 5.92 Å². The SMILES string of the molecule is CC(=CC1CCC(C=C(C)C(=O)O)SC1)C(=O)O. The smallest absolute Gasteiger partial charge is 0.330 e. The summed E-state index contributed by atoms with van der Waals surface area (Å²) < 4.78 is 0. The Kier molecular flexibility index (Phi) is 5.47. The van der Waals surface area contributed by atoms with E-state index in [4.69, 9.17) is 10.2 Å². The Balaban J connectivity index is 2.52. The van der Waals surface area contributed by atoms with Gasteiger partial charge in [0.05, 0.1) is 0 Å². The molecule has 2 unspecified atom stereocenters. The summed E-state index contributed by atoms with van der Waals surface area (Å²) in [7, 11) is 0. The minimum atomic E-state index is -0.876. The fourth-order valence-corrected chi connectivity index (χ4v) is 3.19. The molecule has 1 aliphatic heterocycles. The van der Waals surface area contributed by atoms with Gasteiger partial charge in [0.25, 0.3) is 0 Å². The van der Waals surface area contributed by atoms with E-state index in [0.29, 0.717) is 11.1 Å². The minimum absolute atomic E-state index is 0.232. The van der Waals surface area contributed by atoms with Crippen LogP contribution in [0.2, 0.25) is 0 Å². The summed E-state index contributed by atoms with van der Waals surface area (Å²) in [5, 5.41) is 17.8. The van der Waals surface area contributed by atoms with E-state index in [0.717, 1.165) is 18.6 Å². The summed E-state index contributed by atoms with van der Waals surface area (Å²) in [5.41, 5.74) is 0.763. The molecular weight excluding hydrogens is 252 g/mol. The number of aliphatic carboxylic acids is 2. The summed E-state index contributed by atoms with van der Waals surface area (Å²) >= 11 is 1.69. The van der Waals surface area contributed by atoms with E-state index in [-0.39, 0.29) is 11.2 Å². The maximum Gasteiger partial charge on any atom is 0.330 e. The first-order chi connectivity index (χ1) is 8.40. The molecule has 18 heavy (non-hydrogen) atoms. The Labute approximate surface area is 111 Å². The first kappa shape index (κ1) is 14.8. The van der Waals surface area contributed by atoms with Crippen molar-refractivity contribution < 1.29 is 19.8 Å². The van der Waals surface area contributed by atoms with Crippen LogP contribution in [0.1, 0.15) is 26.7 Å². The molecule has 1 saturated heterocycles. The number of hydrogen-bond donors (Lipinski definition) is 2. The Bertz CT molecular complexity index is 352. The van der Waals surface area contributed by atoms with Crippen molar-refractivity contribution in [1.82, 2.24) is 0 Å². The van der Waals surface area contributed by atoms with Gasteiger partial charge in [-0.15, -0.1) is 0 Å².